The lowest BCUT2D eigenvalue weighted by molar-refractivity contribution is 0.626. The molecule has 78 valence electrons. The Labute approximate surface area is 96.0 Å². The maximum Gasteiger partial charge on any atom is 0.142 e. The molecule has 0 bridgehead atoms. The van der Waals surface area contributed by atoms with Crippen LogP contribution in [0.5, 0.6) is 0 Å². The van der Waals surface area contributed by atoms with Crippen LogP contribution in [0.1, 0.15) is 16.5 Å². The zero-order valence-corrected chi connectivity index (χ0v) is 9.06. The number of H-pyrrole nitrogens is 1. The zero-order chi connectivity index (χ0) is 10.8. The van der Waals surface area contributed by atoms with Gasteiger partial charge in [0, 0.05) is 11.8 Å². The zero-order valence-electron chi connectivity index (χ0n) is 7.55. The summed E-state index contributed by atoms with van der Waals surface area (Å²) in [5.41, 5.74) is 1.44. The second-order valence-corrected chi connectivity index (χ2v) is 3.91. The van der Waals surface area contributed by atoms with Crippen LogP contribution in [0.2, 0.25) is 5.02 Å². The van der Waals surface area contributed by atoms with Crippen molar-refractivity contribution in [1.29, 1.82) is 0 Å². The van der Waals surface area contributed by atoms with Gasteiger partial charge in [0.15, 0.2) is 0 Å². The normalized spacial score (nSPS) is 12.7. The molecule has 0 spiro atoms. The molecule has 5 heteroatoms. The molecule has 0 aliphatic rings. The van der Waals surface area contributed by atoms with Gasteiger partial charge in [0.1, 0.15) is 5.82 Å². The van der Waals surface area contributed by atoms with Gasteiger partial charge in [-0.1, -0.05) is 17.7 Å². The highest BCUT2D eigenvalue weighted by molar-refractivity contribution is 6.30. The third-order valence-electron chi connectivity index (χ3n) is 2.05. The summed E-state index contributed by atoms with van der Waals surface area (Å²) in [7, 11) is 0. The van der Waals surface area contributed by atoms with Gasteiger partial charge in [-0.2, -0.15) is 5.10 Å². The lowest BCUT2D eigenvalue weighted by Crippen LogP contribution is -1.92. The van der Waals surface area contributed by atoms with Gasteiger partial charge in [-0.3, -0.25) is 5.10 Å². The van der Waals surface area contributed by atoms with Crippen molar-refractivity contribution >= 4 is 23.2 Å². The summed E-state index contributed by atoms with van der Waals surface area (Å²) in [5.74, 6) is -0.469. The molecule has 1 atom stereocenters. The Bertz CT molecular complexity index is 456. The number of aromatic amines is 1. The highest BCUT2D eigenvalue weighted by Crippen LogP contribution is 2.29. The molecule has 0 fully saturated rings. The summed E-state index contributed by atoms with van der Waals surface area (Å²) in [4.78, 5) is 0. The Morgan fingerprint density at radius 3 is 2.73 bits per heavy atom. The molecule has 0 aliphatic heterocycles. The van der Waals surface area contributed by atoms with Crippen LogP contribution in [-0.4, -0.2) is 10.2 Å². The topological polar surface area (TPSA) is 28.7 Å². The van der Waals surface area contributed by atoms with E-state index in [9.17, 15) is 4.39 Å². The van der Waals surface area contributed by atoms with Crippen molar-refractivity contribution < 1.29 is 4.39 Å². The number of nitrogens with one attached hydrogen (secondary N) is 1. The van der Waals surface area contributed by atoms with Gasteiger partial charge >= 0.3 is 0 Å². The number of hydrogen-bond donors (Lipinski definition) is 1. The number of alkyl halides is 1. The van der Waals surface area contributed by atoms with E-state index in [2.05, 4.69) is 10.2 Å². The summed E-state index contributed by atoms with van der Waals surface area (Å²) >= 11 is 11.7. The molecule has 1 aromatic heterocycles. The van der Waals surface area contributed by atoms with Crippen LogP contribution in [-0.2, 0) is 0 Å². The van der Waals surface area contributed by atoms with Gasteiger partial charge < -0.3 is 0 Å². The van der Waals surface area contributed by atoms with Crippen LogP contribution in [0.4, 0.5) is 4.39 Å². The molecule has 1 N–H and O–H groups in total. The Hall–Kier alpha value is -1.06. The second kappa shape index (κ2) is 4.21. The molecule has 0 radical (unpaired) electrons. The average molecular weight is 245 g/mol. The van der Waals surface area contributed by atoms with Crippen LogP contribution in [0, 0.1) is 5.82 Å². The minimum atomic E-state index is -0.469. The van der Waals surface area contributed by atoms with E-state index in [4.69, 9.17) is 23.2 Å². The first-order chi connectivity index (χ1) is 7.18. The molecule has 2 aromatic rings. The predicted molar refractivity (Wildman–Crippen MR) is 57.7 cm³/mol. The summed E-state index contributed by atoms with van der Waals surface area (Å²) < 4.78 is 13.2. The van der Waals surface area contributed by atoms with Crippen molar-refractivity contribution in [2.75, 3.05) is 0 Å². The minimum Gasteiger partial charge on any atom is -0.285 e. The third kappa shape index (κ3) is 2.13. The van der Waals surface area contributed by atoms with Crippen molar-refractivity contribution in [2.45, 2.75) is 5.38 Å². The molecule has 15 heavy (non-hydrogen) atoms. The SMILES string of the molecule is Fc1cc(C(Cl)c2cn[nH]c2)ccc1Cl. The lowest BCUT2D eigenvalue weighted by Gasteiger charge is -2.07. The van der Waals surface area contributed by atoms with Gasteiger partial charge in [-0.15, -0.1) is 11.6 Å². The quantitative estimate of drug-likeness (QED) is 0.805. The smallest absolute Gasteiger partial charge is 0.142 e. The Morgan fingerprint density at radius 2 is 2.13 bits per heavy atom. The van der Waals surface area contributed by atoms with Gasteiger partial charge in [0.25, 0.3) is 0 Å². The van der Waals surface area contributed by atoms with Gasteiger partial charge in [-0.25, -0.2) is 4.39 Å². The molecule has 2 nitrogen and oxygen atoms in total. The van der Waals surface area contributed by atoms with E-state index in [1.54, 1.807) is 18.5 Å². The van der Waals surface area contributed by atoms with Crippen molar-refractivity contribution in [1.82, 2.24) is 10.2 Å². The number of rotatable bonds is 2. The largest absolute Gasteiger partial charge is 0.285 e. The van der Waals surface area contributed by atoms with E-state index in [0.717, 1.165) is 5.56 Å². The van der Waals surface area contributed by atoms with Crippen LogP contribution in [0.15, 0.2) is 30.6 Å². The predicted octanol–water partition coefficient (Wildman–Crippen LogP) is 3.53. The summed E-state index contributed by atoms with van der Waals surface area (Å²) in [6.07, 6.45) is 3.27. The van der Waals surface area contributed by atoms with Crippen molar-refractivity contribution in [3.8, 4) is 0 Å². The molecular formula is C10H7Cl2FN2. The first-order valence-corrected chi connectivity index (χ1v) is 5.07. The summed E-state index contributed by atoms with van der Waals surface area (Å²) in [6.45, 7) is 0. The van der Waals surface area contributed by atoms with Crippen LogP contribution in [0.3, 0.4) is 0 Å². The Kier molecular flexibility index (Phi) is 2.93. The Balaban J connectivity index is 2.34. The molecule has 1 unspecified atom stereocenters. The van der Waals surface area contributed by atoms with Crippen LogP contribution >= 0.6 is 23.2 Å². The standard InChI is InChI=1S/C10H7Cl2FN2/c11-8-2-1-6(3-9(8)13)10(12)7-4-14-15-5-7/h1-5,10H,(H,14,15). The fourth-order valence-electron chi connectivity index (χ4n) is 1.26. The van der Waals surface area contributed by atoms with Crippen molar-refractivity contribution in [3.05, 3.63) is 52.6 Å². The average Bonchev–Trinajstić information content (AvgIpc) is 2.74. The molecular weight excluding hydrogens is 238 g/mol. The fraction of sp³-hybridized carbons (Fsp3) is 0.100. The molecule has 2 rings (SSSR count). The van der Waals surface area contributed by atoms with Gasteiger partial charge in [-0.05, 0) is 17.7 Å². The van der Waals surface area contributed by atoms with E-state index >= 15 is 0 Å². The molecule has 0 aliphatic carbocycles. The molecule has 0 amide bonds. The molecule has 1 aromatic carbocycles. The van der Waals surface area contributed by atoms with Crippen molar-refractivity contribution in [2.24, 2.45) is 0 Å². The van der Waals surface area contributed by atoms with Crippen LogP contribution < -0.4 is 0 Å². The van der Waals surface area contributed by atoms with Crippen molar-refractivity contribution in [3.63, 3.8) is 0 Å². The van der Waals surface area contributed by atoms with Gasteiger partial charge in [0.05, 0.1) is 16.6 Å². The maximum absolute atomic E-state index is 13.2. The first kappa shape index (κ1) is 10.5. The lowest BCUT2D eigenvalue weighted by atomic mass is 10.1. The molecule has 0 saturated heterocycles. The highest BCUT2D eigenvalue weighted by atomic mass is 35.5. The van der Waals surface area contributed by atoms with E-state index in [1.165, 1.54) is 12.1 Å². The summed E-state index contributed by atoms with van der Waals surface area (Å²) in [5, 5.41) is 6.10. The number of benzene rings is 1. The monoisotopic (exact) mass is 244 g/mol. The van der Waals surface area contributed by atoms with E-state index in [1.807, 2.05) is 0 Å². The minimum absolute atomic E-state index is 0.0924. The molecule has 0 saturated carbocycles. The number of aromatic nitrogens is 2. The number of halogens is 3. The van der Waals surface area contributed by atoms with E-state index < -0.39 is 11.2 Å². The first-order valence-electron chi connectivity index (χ1n) is 4.26. The van der Waals surface area contributed by atoms with Crippen LogP contribution in [0.25, 0.3) is 0 Å². The Morgan fingerprint density at radius 1 is 1.33 bits per heavy atom. The van der Waals surface area contributed by atoms with E-state index in [-0.39, 0.29) is 5.02 Å². The van der Waals surface area contributed by atoms with Gasteiger partial charge in [0.2, 0.25) is 0 Å². The highest BCUT2D eigenvalue weighted by Gasteiger charge is 2.13. The number of nitrogens with zero attached hydrogens (tertiary/aromatic N) is 1. The fourth-order valence-corrected chi connectivity index (χ4v) is 1.63. The second-order valence-electron chi connectivity index (χ2n) is 3.07. The molecule has 1 heterocycles. The van der Waals surface area contributed by atoms with E-state index in [0.29, 0.717) is 5.56 Å². The summed E-state index contributed by atoms with van der Waals surface area (Å²) in [6, 6.07) is 4.50. The third-order valence-corrected chi connectivity index (χ3v) is 2.86. The maximum atomic E-state index is 13.2. The number of hydrogen-bond acceptors (Lipinski definition) is 1.